The van der Waals surface area contributed by atoms with Crippen LogP contribution in [0.25, 0.3) is 0 Å². The number of hydrogen-bond donors (Lipinski definition) is 2. The van der Waals surface area contributed by atoms with Gasteiger partial charge in [-0.05, 0) is 25.1 Å². The molecule has 0 bridgehead atoms. The SMILES string of the molecule is CCO.Cl.NCC1CN(c2ccc(N3CCOCC3)c(F)c2)C(=O)O1. The summed E-state index contributed by atoms with van der Waals surface area (Å²) in [5.74, 6) is -0.349. The summed E-state index contributed by atoms with van der Waals surface area (Å²) in [6.45, 7) is 5.06. The first-order valence-electron chi connectivity index (χ1n) is 8.02. The van der Waals surface area contributed by atoms with Crippen LogP contribution >= 0.6 is 12.4 Å². The van der Waals surface area contributed by atoms with E-state index in [1.165, 1.54) is 11.0 Å². The molecule has 0 aliphatic carbocycles. The van der Waals surface area contributed by atoms with Gasteiger partial charge in [0.15, 0.2) is 0 Å². The molecule has 1 atom stereocenters. The van der Waals surface area contributed by atoms with Crippen LogP contribution in [0.4, 0.5) is 20.6 Å². The maximum atomic E-state index is 14.3. The Kier molecular flexibility index (Phi) is 8.91. The smallest absolute Gasteiger partial charge is 0.414 e. The number of aliphatic hydroxyl groups excluding tert-OH is 1. The number of amides is 1. The number of carbonyl (C=O) groups excluding carboxylic acids is 1. The minimum atomic E-state index is -0.482. The van der Waals surface area contributed by atoms with Crippen molar-refractivity contribution >= 4 is 29.9 Å². The van der Waals surface area contributed by atoms with Gasteiger partial charge in [0.25, 0.3) is 0 Å². The minimum absolute atomic E-state index is 0. The van der Waals surface area contributed by atoms with E-state index >= 15 is 0 Å². The Balaban J connectivity index is 0.000000730. The zero-order valence-corrected chi connectivity index (χ0v) is 15.0. The Morgan fingerprint density at radius 1 is 1.36 bits per heavy atom. The van der Waals surface area contributed by atoms with Crippen molar-refractivity contribution in [1.82, 2.24) is 0 Å². The molecule has 0 radical (unpaired) electrons. The molecule has 1 unspecified atom stereocenters. The number of halogens is 2. The van der Waals surface area contributed by atoms with E-state index in [-0.39, 0.29) is 37.5 Å². The molecular formula is C16H25ClFN3O4. The van der Waals surface area contributed by atoms with E-state index in [4.69, 9.17) is 20.3 Å². The van der Waals surface area contributed by atoms with Crippen LogP contribution < -0.4 is 15.5 Å². The molecule has 3 rings (SSSR count). The fraction of sp³-hybridized carbons (Fsp3) is 0.562. The molecule has 2 aliphatic heterocycles. The van der Waals surface area contributed by atoms with Crippen molar-refractivity contribution in [3.8, 4) is 0 Å². The second-order valence-electron chi connectivity index (χ2n) is 5.40. The molecule has 1 aromatic carbocycles. The number of morpholine rings is 1. The molecule has 1 amide bonds. The lowest BCUT2D eigenvalue weighted by atomic mass is 10.2. The van der Waals surface area contributed by atoms with E-state index < -0.39 is 6.09 Å². The predicted octanol–water partition coefficient (Wildman–Crippen LogP) is 1.37. The lowest BCUT2D eigenvalue weighted by Crippen LogP contribution is -2.36. The summed E-state index contributed by atoms with van der Waals surface area (Å²) in [7, 11) is 0. The highest BCUT2D eigenvalue weighted by molar-refractivity contribution is 5.90. The van der Waals surface area contributed by atoms with Gasteiger partial charge in [-0.1, -0.05) is 0 Å². The number of nitrogens with zero attached hydrogens (tertiary/aromatic N) is 2. The van der Waals surface area contributed by atoms with Crippen LogP contribution in [0, 0.1) is 5.82 Å². The van der Waals surface area contributed by atoms with Gasteiger partial charge in [-0.25, -0.2) is 9.18 Å². The van der Waals surface area contributed by atoms with Crippen LogP contribution in [0.15, 0.2) is 18.2 Å². The average Bonchev–Trinajstić information content (AvgIpc) is 2.97. The highest BCUT2D eigenvalue weighted by atomic mass is 35.5. The standard InChI is InChI=1S/C14H18FN3O3.C2H6O.ClH/c15-12-7-10(18-9-11(8-16)21-14(18)19)1-2-13(12)17-3-5-20-6-4-17;1-2-3;/h1-2,7,11H,3-6,8-9,16H2;3H,2H2,1H3;1H. The first-order chi connectivity index (χ1) is 11.6. The van der Waals surface area contributed by atoms with Crippen molar-refractivity contribution in [3.63, 3.8) is 0 Å². The molecule has 2 aliphatic rings. The highest BCUT2D eigenvalue weighted by Crippen LogP contribution is 2.28. The molecule has 0 saturated carbocycles. The molecule has 25 heavy (non-hydrogen) atoms. The maximum Gasteiger partial charge on any atom is 0.414 e. The van der Waals surface area contributed by atoms with Gasteiger partial charge in [-0.2, -0.15) is 0 Å². The molecule has 142 valence electrons. The number of anilines is 2. The van der Waals surface area contributed by atoms with Crippen LogP contribution in [0.1, 0.15) is 6.92 Å². The van der Waals surface area contributed by atoms with Gasteiger partial charge in [0.1, 0.15) is 11.9 Å². The van der Waals surface area contributed by atoms with E-state index in [0.29, 0.717) is 44.2 Å². The molecule has 0 aromatic heterocycles. The van der Waals surface area contributed by atoms with Crippen molar-refractivity contribution in [2.24, 2.45) is 5.73 Å². The highest BCUT2D eigenvalue weighted by Gasteiger charge is 2.32. The van der Waals surface area contributed by atoms with Crippen molar-refractivity contribution in [1.29, 1.82) is 0 Å². The summed E-state index contributed by atoms with van der Waals surface area (Å²) >= 11 is 0. The molecule has 0 spiro atoms. The quantitative estimate of drug-likeness (QED) is 0.827. The Bertz CT molecular complexity index is 558. The molecule has 3 N–H and O–H groups in total. The fourth-order valence-electron chi connectivity index (χ4n) is 2.58. The predicted molar refractivity (Wildman–Crippen MR) is 96.1 cm³/mol. The number of nitrogens with two attached hydrogens (primary N) is 1. The number of benzene rings is 1. The van der Waals surface area contributed by atoms with Crippen LogP contribution in [-0.2, 0) is 9.47 Å². The van der Waals surface area contributed by atoms with Gasteiger partial charge in [0.2, 0.25) is 0 Å². The van der Waals surface area contributed by atoms with Crippen molar-refractivity contribution in [3.05, 3.63) is 24.0 Å². The number of aliphatic hydroxyl groups is 1. The van der Waals surface area contributed by atoms with Gasteiger partial charge in [0.05, 0.1) is 31.1 Å². The summed E-state index contributed by atoms with van der Waals surface area (Å²) in [6, 6.07) is 4.79. The van der Waals surface area contributed by atoms with E-state index in [9.17, 15) is 9.18 Å². The third-order valence-electron chi connectivity index (χ3n) is 3.73. The normalized spacial score (nSPS) is 19.7. The van der Waals surface area contributed by atoms with Gasteiger partial charge in [0, 0.05) is 26.2 Å². The van der Waals surface area contributed by atoms with Crippen LogP contribution in [0.3, 0.4) is 0 Å². The summed E-state index contributed by atoms with van der Waals surface area (Å²) in [5.41, 5.74) is 6.51. The van der Waals surface area contributed by atoms with Gasteiger partial charge < -0.3 is 25.2 Å². The number of rotatable bonds is 3. The number of cyclic esters (lactones) is 1. The first kappa shape index (κ1) is 21.4. The monoisotopic (exact) mass is 377 g/mol. The zero-order valence-electron chi connectivity index (χ0n) is 14.2. The van der Waals surface area contributed by atoms with Crippen LogP contribution in [-0.4, -0.2) is 63.3 Å². The minimum Gasteiger partial charge on any atom is -0.443 e. The lowest BCUT2D eigenvalue weighted by molar-refractivity contribution is 0.122. The van der Waals surface area contributed by atoms with E-state index in [1.54, 1.807) is 19.1 Å². The summed E-state index contributed by atoms with van der Waals surface area (Å²) in [6.07, 6.45) is -0.816. The molecule has 2 heterocycles. The Morgan fingerprint density at radius 3 is 2.52 bits per heavy atom. The molecule has 2 saturated heterocycles. The zero-order chi connectivity index (χ0) is 17.5. The van der Waals surface area contributed by atoms with Gasteiger partial charge in [-0.15, -0.1) is 12.4 Å². The topological polar surface area (TPSA) is 88.3 Å². The molecule has 1 aromatic rings. The van der Waals surface area contributed by atoms with Crippen LogP contribution in [0.2, 0.25) is 0 Å². The molecular weight excluding hydrogens is 353 g/mol. The van der Waals surface area contributed by atoms with E-state index in [1.807, 2.05) is 4.90 Å². The summed E-state index contributed by atoms with van der Waals surface area (Å²) in [5, 5.41) is 7.57. The third-order valence-corrected chi connectivity index (χ3v) is 3.73. The van der Waals surface area contributed by atoms with E-state index in [0.717, 1.165) is 0 Å². The first-order valence-corrected chi connectivity index (χ1v) is 8.02. The average molecular weight is 378 g/mol. The third kappa shape index (κ3) is 5.43. The molecule has 2 fully saturated rings. The van der Waals surface area contributed by atoms with Gasteiger partial charge >= 0.3 is 6.09 Å². The molecule has 9 heteroatoms. The maximum absolute atomic E-state index is 14.3. The molecule has 7 nitrogen and oxygen atoms in total. The number of hydrogen-bond acceptors (Lipinski definition) is 6. The largest absolute Gasteiger partial charge is 0.443 e. The fourth-order valence-corrected chi connectivity index (χ4v) is 2.58. The van der Waals surface area contributed by atoms with Crippen molar-refractivity contribution in [2.75, 3.05) is 55.8 Å². The van der Waals surface area contributed by atoms with Crippen molar-refractivity contribution in [2.45, 2.75) is 13.0 Å². The van der Waals surface area contributed by atoms with Gasteiger partial charge in [-0.3, -0.25) is 4.90 Å². The van der Waals surface area contributed by atoms with Crippen LogP contribution in [0.5, 0.6) is 0 Å². The Hall–Kier alpha value is -1.61. The number of ether oxygens (including phenoxy) is 2. The lowest BCUT2D eigenvalue weighted by Gasteiger charge is -2.29. The Labute approximate surface area is 152 Å². The van der Waals surface area contributed by atoms with Crippen molar-refractivity contribution < 1.29 is 23.8 Å². The van der Waals surface area contributed by atoms with E-state index in [2.05, 4.69) is 0 Å². The second-order valence-corrected chi connectivity index (χ2v) is 5.40. The Morgan fingerprint density at radius 2 is 2.00 bits per heavy atom. The summed E-state index contributed by atoms with van der Waals surface area (Å²) < 4.78 is 24.6. The second kappa shape index (κ2) is 10.4. The summed E-state index contributed by atoms with van der Waals surface area (Å²) in [4.78, 5) is 15.1. The number of carbonyl (C=O) groups is 1.